The van der Waals surface area contributed by atoms with Gasteiger partial charge in [0.05, 0.1) is 17.2 Å². The highest BCUT2D eigenvalue weighted by atomic mass is 32.2. The molecule has 0 fully saturated rings. The lowest BCUT2D eigenvalue weighted by Crippen LogP contribution is -2.12. The number of hydrogen-bond acceptors (Lipinski definition) is 5. The van der Waals surface area contributed by atoms with E-state index in [0.29, 0.717) is 30.0 Å². The fourth-order valence-corrected chi connectivity index (χ4v) is 3.11. The molecule has 0 atom stereocenters. The summed E-state index contributed by atoms with van der Waals surface area (Å²) in [6.07, 6.45) is 1.35. The van der Waals surface area contributed by atoms with E-state index in [1.807, 2.05) is 0 Å². The van der Waals surface area contributed by atoms with Gasteiger partial charge in [-0.15, -0.1) is 0 Å². The van der Waals surface area contributed by atoms with E-state index in [2.05, 4.69) is 5.16 Å². The standard InChI is InChI=1S/C10H18N2O3S/c1-8-10(9(2)15-12-8)7-16(13,14)6-4-3-5-11/h3-7,11H2,1-2H3. The first kappa shape index (κ1) is 13.2. The summed E-state index contributed by atoms with van der Waals surface area (Å²) in [5.41, 5.74) is 6.66. The highest BCUT2D eigenvalue weighted by molar-refractivity contribution is 7.90. The SMILES string of the molecule is Cc1noc(C)c1CS(=O)(=O)CCCCN. The first-order valence-electron chi connectivity index (χ1n) is 5.28. The Morgan fingerprint density at radius 1 is 1.31 bits per heavy atom. The van der Waals surface area contributed by atoms with Gasteiger partial charge < -0.3 is 10.3 Å². The molecule has 92 valence electrons. The molecule has 1 aromatic rings. The van der Waals surface area contributed by atoms with Crippen LogP contribution in [0.4, 0.5) is 0 Å². The molecule has 0 unspecified atom stereocenters. The molecule has 0 saturated heterocycles. The lowest BCUT2D eigenvalue weighted by Gasteiger charge is -2.03. The lowest BCUT2D eigenvalue weighted by molar-refractivity contribution is 0.392. The molecule has 0 aromatic carbocycles. The average molecular weight is 246 g/mol. The molecule has 0 amide bonds. The monoisotopic (exact) mass is 246 g/mol. The predicted molar refractivity (Wildman–Crippen MR) is 61.8 cm³/mol. The average Bonchev–Trinajstić information content (AvgIpc) is 2.49. The number of aromatic nitrogens is 1. The van der Waals surface area contributed by atoms with Crippen molar-refractivity contribution in [2.45, 2.75) is 32.4 Å². The van der Waals surface area contributed by atoms with Gasteiger partial charge in [0.25, 0.3) is 0 Å². The Balaban J connectivity index is 2.66. The topological polar surface area (TPSA) is 86.2 Å². The van der Waals surface area contributed by atoms with Crippen molar-refractivity contribution < 1.29 is 12.9 Å². The van der Waals surface area contributed by atoms with Crippen molar-refractivity contribution in [1.82, 2.24) is 5.16 Å². The van der Waals surface area contributed by atoms with Gasteiger partial charge in [-0.1, -0.05) is 5.16 Å². The van der Waals surface area contributed by atoms with E-state index >= 15 is 0 Å². The van der Waals surface area contributed by atoms with Gasteiger partial charge in [-0.05, 0) is 33.2 Å². The van der Waals surface area contributed by atoms with Crippen molar-refractivity contribution in [3.8, 4) is 0 Å². The minimum Gasteiger partial charge on any atom is -0.361 e. The lowest BCUT2D eigenvalue weighted by atomic mass is 10.2. The van der Waals surface area contributed by atoms with Crippen LogP contribution < -0.4 is 5.73 Å². The Morgan fingerprint density at radius 2 is 2.00 bits per heavy atom. The highest BCUT2D eigenvalue weighted by Crippen LogP contribution is 2.16. The van der Waals surface area contributed by atoms with Gasteiger partial charge in [0.2, 0.25) is 0 Å². The molecule has 5 nitrogen and oxygen atoms in total. The molecule has 0 aliphatic heterocycles. The Kier molecular flexibility index (Phi) is 4.49. The smallest absolute Gasteiger partial charge is 0.154 e. The van der Waals surface area contributed by atoms with Gasteiger partial charge in [-0.2, -0.15) is 0 Å². The number of nitrogens with zero attached hydrogens (tertiary/aromatic N) is 1. The van der Waals surface area contributed by atoms with Crippen LogP contribution in [-0.2, 0) is 15.6 Å². The van der Waals surface area contributed by atoms with Crippen molar-refractivity contribution in [3.05, 3.63) is 17.0 Å². The zero-order valence-corrected chi connectivity index (χ0v) is 10.5. The molecule has 16 heavy (non-hydrogen) atoms. The fourth-order valence-electron chi connectivity index (χ4n) is 1.47. The zero-order valence-electron chi connectivity index (χ0n) is 9.69. The first-order valence-corrected chi connectivity index (χ1v) is 7.10. The van der Waals surface area contributed by atoms with Gasteiger partial charge in [0, 0.05) is 5.56 Å². The number of aryl methyl sites for hydroxylation is 2. The van der Waals surface area contributed by atoms with Crippen LogP contribution in [-0.4, -0.2) is 25.9 Å². The molecule has 1 aromatic heterocycles. The number of hydrogen-bond donors (Lipinski definition) is 1. The molecule has 0 bridgehead atoms. The van der Waals surface area contributed by atoms with E-state index in [0.717, 1.165) is 6.42 Å². The third-order valence-electron chi connectivity index (χ3n) is 2.45. The molecule has 1 rings (SSSR count). The Hall–Kier alpha value is -0.880. The number of unbranched alkanes of at least 4 members (excludes halogenated alkanes) is 1. The zero-order chi connectivity index (χ0) is 12.2. The maximum Gasteiger partial charge on any atom is 0.154 e. The van der Waals surface area contributed by atoms with Gasteiger partial charge in [0.15, 0.2) is 9.84 Å². The second-order valence-electron chi connectivity index (χ2n) is 3.89. The molecule has 1 heterocycles. The summed E-state index contributed by atoms with van der Waals surface area (Å²) in [6, 6.07) is 0. The normalized spacial score (nSPS) is 11.9. The Morgan fingerprint density at radius 3 is 2.50 bits per heavy atom. The van der Waals surface area contributed by atoms with Crippen LogP contribution in [0.15, 0.2) is 4.52 Å². The highest BCUT2D eigenvalue weighted by Gasteiger charge is 2.18. The molecule has 0 radical (unpaired) electrons. The third kappa shape index (κ3) is 3.61. The molecular weight excluding hydrogens is 228 g/mol. The van der Waals surface area contributed by atoms with Gasteiger partial charge in [-0.25, -0.2) is 8.42 Å². The second kappa shape index (κ2) is 5.45. The maximum atomic E-state index is 11.8. The molecule has 0 spiro atoms. The summed E-state index contributed by atoms with van der Waals surface area (Å²) < 4.78 is 28.5. The molecule has 6 heteroatoms. The van der Waals surface area contributed by atoms with Crippen LogP contribution in [0.25, 0.3) is 0 Å². The Bertz CT molecular complexity index is 417. The van der Waals surface area contributed by atoms with Crippen LogP contribution in [0, 0.1) is 13.8 Å². The van der Waals surface area contributed by atoms with E-state index < -0.39 is 9.84 Å². The summed E-state index contributed by atoms with van der Waals surface area (Å²) in [7, 11) is -3.08. The summed E-state index contributed by atoms with van der Waals surface area (Å²) >= 11 is 0. The molecule has 2 N–H and O–H groups in total. The minimum absolute atomic E-state index is 0.0126. The molecule has 0 saturated carbocycles. The van der Waals surface area contributed by atoms with Crippen molar-refractivity contribution in [2.24, 2.45) is 5.73 Å². The van der Waals surface area contributed by atoms with Crippen LogP contribution >= 0.6 is 0 Å². The van der Waals surface area contributed by atoms with Crippen molar-refractivity contribution >= 4 is 9.84 Å². The minimum atomic E-state index is -3.08. The fraction of sp³-hybridized carbons (Fsp3) is 0.700. The summed E-state index contributed by atoms with van der Waals surface area (Å²) in [4.78, 5) is 0. The summed E-state index contributed by atoms with van der Waals surface area (Å²) in [5.74, 6) is 0.771. The van der Waals surface area contributed by atoms with E-state index in [1.165, 1.54) is 0 Å². The van der Waals surface area contributed by atoms with Crippen molar-refractivity contribution in [1.29, 1.82) is 0 Å². The maximum absolute atomic E-state index is 11.8. The molecular formula is C10H18N2O3S. The Labute approximate surface area is 95.9 Å². The van der Waals surface area contributed by atoms with Crippen LogP contribution in [0.5, 0.6) is 0 Å². The quantitative estimate of drug-likeness (QED) is 0.755. The van der Waals surface area contributed by atoms with E-state index in [-0.39, 0.29) is 11.5 Å². The molecule has 0 aliphatic carbocycles. The van der Waals surface area contributed by atoms with E-state index in [4.69, 9.17) is 10.3 Å². The third-order valence-corrected chi connectivity index (χ3v) is 4.09. The van der Waals surface area contributed by atoms with Crippen LogP contribution in [0.1, 0.15) is 29.9 Å². The van der Waals surface area contributed by atoms with Crippen molar-refractivity contribution in [2.75, 3.05) is 12.3 Å². The second-order valence-corrected chi connectivity index (χ2v) is 6.07. The van der Waals surface area contributed by atoms with Gasteiger partial charge >= 0.3 is 0 Å². The van der Waals surface area contributed by atoms with Crippen LogP contribution in [0.2, 0.25) is 0 Å². The molecule has 0 aliphatic rings. The largest absolute Gasteiger partial charge is 0.361 e. The predicted octanol–water partition coefficient (Wildman–Crippen LogP) is 0.945. The summed E-state index contributed by atoms with van der Waals surface area (Å²) in [5, 5.41) is 3.74. The van der Waals surface area contributed by atoms with Gasteiger partial charge in [-0.3, -0.25) is 0 Å². The summed E-state index contributed by atoms with van der Waals surface area (Å²) in [6.45, 7) is 4.01. The van der Waals surface area contributed by atoms with Crippen molar-refractivity contribution in [3.63, 3.8) is 0 Å². The van der Waals surface area contributed by atoms with E-state index in [1.54, 1.807) is 13.8 Å². The number of rotatable bonds is 6. The van der Waals surface area contributed by atoms with Gasteiger partial charge in [0.1, 0.15) is 5.76 Å². The number of nitrogens with two attached hydrogens (primary N) is 1. The van der Waals surface area contributed by atoms with E-state index in [9.17, 15) is 8.42 Å². The number of sulfone groups is 1. The first-order chi connectivity index (χ1) is 7.46. The van der Waals surface area contributed by atoms with Crippen LogP contribution in [0.3, 0.4) is 0 Å².